The summed E-state index contributed by atoms with van der Waals surface area (Å²) in [5, 5.41) is 0. The van der Waals surface area contributed by atoms with E-state index in [1.807, 2.05) is 0 Å². The van der Waals surface area contributed by atoms with E-state index in [4.69, 9.17) is 13.3 Å². The Balaban J connectivity index is -0.0000000267. The van der Waals surface area contributed by atoms with Crippen molar-refractivity contribution < 1.29 is 16.2 Å². The Morgan fingerprint density at radius 2 is 1.67 bits per heavy atom. The summed E-state index contributed by atoms with van der Waals surface area (Å²) in [6.45, 7) is 0. The molecule has 0 aliphatic carbocycles. The monoisotopic (exact) mass is 254 g/mol. The van der Waals surface area contributed by atoms with Gasteiger partial charge in [-0.15, -0.1) is 0 Å². The Kier molecular flexibility index (Phi) is 6.85. The summed E-state index contributed by atoms with van der Waals surface area (Å²) in [4.78, 5) is 0. The van der Waals surface area contributed by atoms with E-state index in [0.29, 0.717) is 0 Å². The molecule has 0 bridgehead atoms. The maximum absolute atomic E-state index is 9.11. The van der Waals surface area contributed by atoms with Gasteiger partial charge < -0.3 is 2.85 Å². The van der Waals surface area contributed by atoms with Crippen LogP contribution in [0, 0.1) is 0 Å². The van der Waals surface area contributed by atoms with Crippen LogP contribution in [0.1, 0.15) is 2.85 Å². The standard InChI is InChI=1S/Ba.H2O3S2.2H/c;1-5(2,3)4;;/h;(H2,1,2,3,4);;/q+2;;2*-1. The van der Waals surface area contributed by atoms with Crippen molar-refractivity contribution in [2.75, 3.05) is 0 Å². The Morgan fingerprint density at radius 1 is 1.67 bits per heavy atom. The van der Waals surface area contributed by atoms with Crippen LogP contribution < -0.4 is 0 Å². The van der Waals surface area contributed by atoms with Gasteiger partial charge in [0.2, 0.25) is 0 Å². The molecule has 0 amide bonds. The van der Waals surface area contributed by atoms with Crippen molar-refractivity contribution in [3.8, 4) is 0 Å². The topological polar surface area (TPSA) is 57.5 Å². The molecule has 0 aliphatic rings. The van der Waals surface area contributed by atoms with E-state index in [1.54, 1.807) is 0 Å². The fourth-order valence-corrected chi connectivity index (χ4v) is 0. The van der Waals surface area contributed by atoms with Crippen LogP contribution in [0.15, 0.2) is 0 Å². The minimum absolute atomic E-state index is 0. The van der Waals surface area contributed by atoms with Crippen molar-refractivity contribution in [1.29, 1.82) is 0 Å². The third-order valence-electron chi connectivity index (χ3n) is 0. The van der Waals surface area contributed by atoms with Gasteiger partial charge in [-0.05, 0) is 0 Å². The molecule has 0 heterocycles. The van der Waals surface area contributed by atoms with Crippen LogP contribution in [-0.2, 0) is 20.2 Å². The second-order valence-corrected chi connectivity index (χ2v) is 2.65. The summed E-state index contributed by atoms with van der Waals surface area (Å²) >= 11 is 3.47. The molecule has 0 aliphatic heterocycles. The molecule has 36 valence electrons. The summed E-state index contributed by atoms with van der Waals surface area (Å²) in [5.74, 6) is 0. The fraction of sp³-hybridized carbons (Fsp3) is 0. The first-order valence-corrected chi connectivity index (χ1v) is 3.10. The van der Waals surface area contributed by atoms with Crippen LogP contribution in [0.25, 0.3) is 0 Å². The average Bonchev–Trinajstić information content (AvgIpc) is 0.722. The van der Waals surface area contributed by atoms with Gasteiger partial charge in [0.25, 0.3) is 9.05 Å². The normalized spacial score (nSPS) is 9.67. The molecule has 3 nitrogen and oxygen atoms in total. The molecule has 0 spiro atoms. The molecule has 0 saturated carbocycles. The molecular formula is H4BaO3S2. The first kappa shape index (κ1) is 10.8. The minimum atomic E-state index is -3.83. The van der Waals surface area contributed by atoms with Gasteiger partial charge in [-0.3, -0.25) is 9.11 Å². The van der Waals surface area contributed by atoms with E-state index in [-0.39, 0.29) is 51.7 Å². The van der Waals surface area contributed by atoms with Crippen LogP contribution in [0.5, 0.6) is 0 Å². The van der Waals surface area contributed by atoms with Crippen molar-refractivity contribution in [2.45, 2.75) is 0 Å². The Morgan fingerprint density at radius 3 is 1.67 bits per heavy atom. The summed E-state index contributed by atoms with van der Waals surface area (Å²) in [6, 6.07) is 0. The van der Waals surface area contributed by atoms with Gasteiger partial charge >= 0.3 is 48.9 Å². The van der Waals surface area contributed by atoms with Gasteiger partial charge in [-0.25, -0.2) is 0 Å². The molecule has 0 aromatic heterocycles. The molecule has 0 aromatic carbocycles. The van der Waals surface area contributed by atoms with E-state index in [0.717, 1.165) is 0 Å². The molecule has 0 aromatic rings. The zero-order valence-electron chi connectivity index (χ0n) is 4.83. The molecule has 6 heteroatoms. The van der Waals surface area contributed by atoms with E-state index in [2.05, 4.69) is 11.2 Å². The van der Waals surface area contributed by atoms with Gasteiger partial charge in [-0.1, -0.05) is 0 Å². The fourth-order valence-electron chi connectivity index (χ4n) is 0. The van der Waals surface area contributed by atoms with E-state index >= 15 is 0 Å². The predicted octanol–water partition coefficient (Wildman–Crippen LogP) is -0.477. The van der Waals surface area contributed by atoms with Crippen LogP contribution in [0.3, 0.4) is 0 Å². The second kappa shape index (κ2) is 3.81. The Labute approximate surface area is 83.9 Å². The third-order valence-corrected chi connectivity index (χ3v) is 0. The molecule has 0 rings (SSSR count). The number of hydrogen-bond donors (Lipinski definition) is 2. The summed E-state index contributed by atoms with van der Waals surface area (Å²) in [7, 11) is -3.83. The molecule has 6 heavy (non-hydrogen) atoms. The van der Waals surface area contributed by atoms with Crippen molar-refractivity contribution in [3.05, 3.63) is 0 Å². The van der Waals surface area contributed by atoms with E-state index in [1.165, 1.54) is 0 Å². The zero-order valence-corrected chi connectivity index (χ0v) is 8.90. The van der Waals surface area contributed by atoms with Gasteiger partial charge in [0, 0.05) is 11.2 Å². The van der Waals surface area contributed by atoms with Crippen LogP contribution in [-0.4, -0.2) is 62.2 Å². The smallest absolute Gasteiger partial charge is 1.00 e. The van der Waals surface area contributed by atoms with Gasteiger partial charge in [-0.2, -0.15) is 4.21 Å². The zero-order chi connectivity index (χ0) is 4.50. The van der Waals surface area contributed by atoms with Crippen molar-refractivity contribution in [3.63, 3.8) is 0 Å². The summed E-state index contributed by atoms with van der Waals surface area (Å²) in [5.41, 5.74) is 0. The van der Waals surface area contributed by atoms with Crippen LogP contribution in [0.2, 0.25) is 0 Å². The summed E-state index contributed by atoms with van der Waals surface area (Å²) < 4.78 is 24.0. The average molecular weight is 253 g/mol. The first-order valence-electron chi connectivity index (χ1n) is 0.698. The molecule has 0 atom stereocenters. The first-order chi connectivity index (χ1) is 2.00. The molecule has 0 fully saturated rings. The van der Waals surface area contributed by atoms with Crippen molar-refractivity contribution in [1.82, 2.24) is 0 Å². The number of hydrogen-bond acceptors (Lipinski definition) is 2. The quantitative estimate of drug-likeness (QED) is 0.573. The second-order valence-electron chi connectivity index (χ2n) is 0.448. The van der Waals surface area contributed by atoms with E-state index < -0.39 is 9.05 Å². The maximum Gasteiger partial charge on any atom is 2.00 e. The Hall–Kier alpha value is 1.86. The summed E-state index contributed by atoms with van der Waals surface area (Å²) in [6.07, 6.45) is 0. The maximum atomic E-state index is 9.11. The van der Waals surface area contributed by atoms with Gasteiger partial charge in [0.05, 0.1) is 0 Å². The van der Waals surface area contributed by atoms with E-state index in [9.17, 15) is 0 Å². The molecular weight excluding hydrogens is 249 g/mol. The van der Waals surface area contributed by atoms with Crippen LogP contribution in [0.4, 0.5) is 0 Å². The minimum Gasteiger partial charge on any atom is -1.00 e. The van der Waals surface area contributed by atoms with Crippen LogP contribution >= 0.6 is 0 Å². The van der Waals surface area contributed by atoms with Gasteiger partial charge in [0.15, 0.2) is 0 Å². The third kappa shape index (κ3) is 40.0. The SMILES string of the molecule is O=S(O)(O)=S.[Ba+2].[H-].[H-]. The van der Waals surface area contributed by atoms with Gasteiger partial charge in [0.1, 0.15) is 0 Å². The predicted molar refractivity (Wildman–Crippen MR) is 28.7 cm³/mol. The molecule has 2 N–H and O–H groups in total. The Bertz CT molecular complexity index is 98.5. The number of rotatable bonds is 0. The largest absolute Gasteiger partial charge is 2.00 e. The van der Waals surface area contributed by atoms with Crippen molar-refractivity contribution >= 4 is 69.1 Å². The molecule has 0 saturated heterocycles. The van der Waals surface area contributed by atoms with Crippen molar-refractivity contribution in [2.24, 2.45) is 0 Å². The molecule has 0 radical (unpaired) electrons. The molecule has 0 unspecified atom stereocenters.